The number of fused-ring (bicyclic) bond motifs is 1. The molecule has 0 bridgehead atoms. The summed E-state index contributed by atoms with van der Waals surface area (Å²) in [7, 11) is 0. The topological polar surface area (TPSA) is 53.6 Å². The van der Waals surface area contributed by atoms with Gasteiger partial charge in [-0.15, -0.1) is 0 Å². The quantitative estimate of drug-likeness (QED) is 0.602. The first-order valence-electron chi connectivity index (χ1n) is 3.16. The highest BCUT2D eigenvalue weighted by atomic mass is 16.3. The van der Waals surface area contributed by atoms with Gasteiger partial charge in [0.2, 0.25) is 0 Å². The van der Waals surface area contributed by atoms with Gasteiger partial charge in [0, 0.05) is 12.1 Å². The molecule has 1 heterocycles. The zero-order chi connectivity index (χ0) is 7.84. The lowest BCUT2D eigenvalue weighted by molar-refractivity contribution is 0.453. The lowest BCUT2D eigenvalue weighted by Gasteiger charge is -1.94. The molecule has 0 amide bonds. The first kappa shape index (κ1) is 6.09. The normalized spacial score (nSPS) is 10.5. The van der Waals surface area contributed by atoms with E-state index in [0.29, 0.717) is 11.0 Å². The third kappa shape index (κ3) is 0.816. The van der Waals surface area contributed by atoms with E-state index >= 15 is 0 Å². The Balaban J connectivity index is 2.91. The Bertz CT molecular complexity index is 389. The van der Waals surface area contributed by atoms with E-state index in [1.54, 1.807) is 6.07 Å². The largest absolute Gasteiger partial charge is 0.508 e. The lowest BCUT2D eigenvalue weighted by atomic mass is 10.2. The van der Waals surface area contributed by atoms with E-state index in [1.807, 2.05) is 0 Å². The molecule has 0 saturated heterocycles. The van der Waals surface area contributed by atoms with Crippen molar-refractivity contribution in [3.63, 3.8) is 0 Å². The average molecular weight is 150 g/mol. The van der Waals surface area contributed by atoms with Crippen LogP contribution in [0.5, 0.6) is 11.5 Å². The minimum Gasteiger partial charge on any atom is -0.508 e. The van der Waals surface area contributed by atoms with Crippen LogP contribution in [0.2, 0.25) is 0 Å². The van der Waals surface area contributed by atoms with Crippen LogP contribution in [0.15, 0.2) is 28.9 Å². The van der Waals surface area contributed by atoms with E-state index < -0.39 is 0 Å². The number of hydrogen-bond donors (Lipinski definition) is 2. The van der Waals surface area contributed by atoms with Gasteiger partial charge in [0.1, 0.15) is 17.1 Å². The van der Waals surface area contributed by atoms with Crippen molar-refractivity contribution in [1.82, 2.24) is 0 Å². The van der Waals surface area contributed by atoms with Crippen molar-refractivity contribution in [1.29, 1.82) is 0 Å². The fourth-order valence-corrected chi connectivity index (χ4v) is 1.04. The molecule has 0 fully saturated rings. The minimum atomic E-state index is 0.00458. The molecule has 0 radical (unpaired) electrons. The van der Waals surface area contributed by atoms with E-state index in [9.17, 15) is 5.11 Å². The molecule has 0 aliphatic carbocycles. The van der Waals surface area contributed by atoms with Crippen LogP contribution < -0.4 is 0 Å². The Kier molecular flexibility index (Phi) is 1.06. The minimum absolute atomic E-state index is 0.00458. The van der Waals surface area contributed by atoms with Gasteiger partial charge in [0.15, 0.2) is 0 Å². The first-order valence-corrected chi connectivity index (χ1v) is 3.16. The maximum atomic E-state index is 9.22. The van der Waals surface area contributed by atoms with Gasteiger partial charge in [0.05, 0.1) is 11.6 Å². The molecule has 11 heavy (non-hydrogen) atoms. The van der Waals surface area contributed by atoms with Crippen LogP contribution in [0.25, 0.3) is 11.0 Å². The van der Waals surface area contributed by atoms with Gasteiger partial charge in [-0.2, -0.15) is 0 Å². The number of furan rings is 1. The van der Waals surface area contributed by atoms with Crippen molar-refractivity contribution in [3.05, 3.63) is 24.5 Å². The standard InChI is InChI=1S/C8H6O3/c9-5-3-7(10)6-1-2-11-8(6)4-5/h1-4,9-10H. The second kappa shape index (κ2) is 1.92. The van der Waals surface area contributed by atoms with Gasteiger partial charge in [-0.1, -0.05) is 0 Å². The monoisotopic (exact) mass is 150 g/mol. The molecule has 3 nitrogen and oxygen atoms in total. The molecule has 2 aromatic rings. The van der Waals surface area contributed by atoms with Gasteiger partial charge in [-0.05, 0) is 6.07 Å². The number of benzene rings is 1. The van der Waals surface area contributed by atoms with E-state index in [1.165, 1.54) is 18.4 Å². The summed E-state index contributed by atoms with van der Waals surface area (Å²) in [6.45, 7) is 0. The van der Waals surface area contributed by atoms with Crippen molar-refractivity contribution in [3.8, 4) is 11.5 Å². The third-order valence-electron chi connectivity index (χ3n) is 1.53. The number of rotatable bonds is 0. The summed E-state index contributed by atoms with van der Waals surface area (Å²) in [5.74, 6) is 0.0405. The van der Waals surface area contributed by atoms with Gasteiger partial charge >= 0.3 is 0 Å². The van der Waals surface area contributed by atoms with Gasteiger partial charge in [-0.3, -0.25) is 0 Å². The smallest absolute Gasteiger partial charge is 0.141 e. The molecular formula is C8H6O3. The van der Waals surface area contributed by atoms with Gasteiger partial charge < -0.3 is 14.6 Å². The molecule has 1 aromatic carbocycles. The van der Waals surface area contributed by atoms with Crippen LogP contribution in [-0.4, -0.2) is 10.2 Å². The van der Waals surface area contributed by atoms with Crippen LogP contribution in [-0.2, 0) is 0 Å². The maximum absolute atomic E-state index is 9.22. The van der Waals surface area contributed by atoms with Crippen molar-refractivity contribution < 1.29 is 14.6 Å². The number of phenols is 2. The molecule has 0 spiro atoms. The molecule has 0 aliphatic rings. The molecule has 56 valence electrons. The SMILES string of the molecule is Oc1cc(O)c2ccoc2c1. The molecule has 0 unspecified atom stereocenters. The van der Waals surface area contributed by atoms with Crippen LogP contribution in [0.4, 0.5) is 0 Å². The number of hydrogen-bond acceptors (Lipinski definition) is 3. The summed E-state index contributed by atoms with van der Waals surface area (Å²) in [6, 6.07) is 4.37. The molecule has 2 rings (SSSR count). The van der Waals surface area contributed by atoms with E-state index in [-0.39, 0.29) is 11.5 Å². The highest BCUT2D eigenvalue weighted by molar-refractivity contribution is 5.84. The van der Waals surface area contributed by atoms with E-state index in [2.05, 4.69) is 0 Å². The Morgan fingerprint density at radius 2 is 2.00 bits per heavy atom. The number of phenolic OH excluding ortho intramolecular Hbond substituents is 2. The zero-order valence-electron chi connectivity index (χ0n) is 5.61. The van der Waals surface area contributed by atoms with Crippen molar-refractivity contribution in [2.75, 3.05) is 0 Å². The molecule has 1 aromatic heterocycles. The van der Waals surface area contributed by atoms with Crippen molar-refractivity contribution >= 4 is 11.0 Å². The Hall–Kier alpha value is -1.64. The fourth-order valence-electron chi connectivity index (χ4n) is 1.04. The Morgan fingerprint density at radius 3 is 2.82 bits per heavy atom. The van der Waals surface area contributed by atoms with Crippen LogP contribution in [0.3, 0.4) is 0 Å². The lowest BCUT2D eigenvalue weighted by Crippen LogP contribution is -1.67. The zero-order valence-corrected chi connectivity index (χ0v) is 5.61. The second-order valence-corrected chi connectivity index (χ2v) is 2.30. The predicted molar refractivity (Wildman–Crippen MR) is 39.5 cm³/mol. The van der Waals surface area contributed by atoms with Gasteiger partial charge in [-0.25, -0.2) is 0 Å². The van der Waals surface area contributed by atoms with Crippen LogP contribution >= 0.6 is 0 Å². The average Bonchev–Trinajstić information content (AvgIpc) is 2.34. The van der Waals surface area contributed by atoms with Crippen LogP contribution in [0.1, 0.15) is 0 Å². The third-order valence-corrected chi connectivity index (χ3v) is 1.53. The summed E-state index contributed by atoms with van der Waals surface area (Å²) >= 11 is 0. The number of aromatic hydroxyl groups is 2. The highest BCUT2D eigenvalue weighted by Crippen LogP contribution is 2.29. The maximum Gasteiger partial charge on any atom is 0.141 e. The summed E-state index contributed by atoms with van der Waals surface area (Å²) < 4.78 is 4.96. The molecule has 0 saturated carbocycles. The summed E-state index contributed by atoms with van der Waals surface area (Å²) in [5.41, 5.74) is 0.488. The fraction of sp³-hybridized carbons (Fsp3) is 0. The molecule has 2 N–H and O–H groups in total. The van der Waals surface area contributed by atoms with E-state index in [4.69, 9.17) is 9.52 Å². The van der Waals surface area contributed by atoms with Crippen molar-refractivity contribution in [2.45, 2.75) is 0 Å². The van der Waals surface area contributed by atoms with Gasteiger partial charge in [0.25, 0.3) is 0 Å². The van der Waals surface area contributed by atoms with Crippen molar-refractivity contribution in [2.24, 2.45) is 0 Å². The molecule has 0 atom stereocenters. The first-order chi connectivity index (χ1) is 5.27. The molecule has 3 heteroatoms. The summed E-state index contributed by atoms with van der Waals surface area (Å²) in [4.78, 5) is 0. The predicted octanol–water partition coefficient (Wildman–Crippen LogP) is 1.84. The second-order valence-electron chi connectivity index (χ2n) is 2.30. The van der Waals surface area contributed by atoms with Crippen LogP contribution in [0, 0.1) is 0 Å². The highest BCUT2D eigenvalue weighted by Gasteiger charge is 2.03. The summed E-state index contributed by atoms with van der Waals surface area (Å²) in [6.07, 6.45) is 1.46. The Labute approximate surface area is 62.5 Å². The molecular weight excluding hydrogens is 144 g/mol. The molecule has 0 aliphatic heterocycles. The van der Waals surface area contributed by atoms with E-state index in [0.717, 1.165) is 0 Å². The summed E-state index contributed by atoms with van der Waals surface area (Å²) in [5, 5.41) is 18.8. The Morgan fingerprint density at radius 1 is 1.18 bits per heavy atom.